The minimum Gasteiger partial charge on any atom is -0.316 e. The van der Waals surface area contributed by atoms with Crippen molar-refractivity contribution in [2.24, 2.45) is 0 Å². The molecule has 0 unspecified atom stereocenters. The molecule has 9 aromatic rings. The number of nitrogens with zero attached hydrogens (tertiary/aromatic N) is 2. The van der Waals surface area contributed by atoms with Gasteiger partial charge in [0, 0.05) is 33.7 Å². The molecular weight excluding hydrogens is 508 g/mol. The highest BCUT2D eigenvalue weighted by molar-refractivity contribution is 6.21. The first-order valence-electron chi connectivity index (χ1n) is 14.5. The Hall–Kier alpha value is -5.60. The van der Waals surface area contributed by atoms with Crippen LogP contribution < -0.4 is 0 Å². The van der Waals surface area contributed by atoms with E-state index in [4.69, 9.17) is 0 Å². The Morgan fingerprint density at radius 3 is 1.86 bits per heavy atom. The van der Waals surface area contributed by atoms with Crippen molar-refractivity contribution in [3.05, 3.63) is 158 Å². The van der Waals surface area contributed by atoms with Crippen LogP contribution in [-0.2, 0) is 0 Å². The molecule has 0 bridgehead atoms. The van der Waals surface area contributed by atoms with Gasteiger partial charge in [0.2, 0.25) is 0 Å². The van der Waals surface area contributed by atoms with Crippen molar-refractivity contribution in [1.82, 2.24) is 9.13 Å². The van der Waals surface area contributed by atoms with Crippen molar-refractivity contribution in [3.63, 3.8) is 0 Å². The third kappa shape index (κ3) is 3.33. The van der Waals surface area contributed by atoms with Gasteiger partial charge in [-0.05, 0) is 81.2 Å². The van der Waals surface area contributed by atoms with E-state index in [1.165, 1.54) is 71.1 Å². The number of rotatable bonds is 3. The first kappa shape index (κ1) is 23.1. The minimum atomic E-state index is 1.16. The maximum Gasteiger partial charge on any atom is 0.0628 e. The van der Waals surface area contributed by atoms with E-state index in [1.54, 1.807) is 0 Å². The Morgan fingerprint density at radius 1 is 0.405 bits per heavy atom. The molecule has 2 nitrogen and oxygen atoms in total. The van der Waals surface area contributed by atoms with E-state index in [0.29, 0.717) is 0 Å². The van der Waals surface area contributed by atoms with Gasteiger partial charge in [-0.1, -0.05) is 103 Å². The van der Waals surface area contributed by atoms with Crippen LogP contribution in [0.15, 0.2) is 158 Å². The Balaban J connectivity index is 1.36. The highest BCUT2D eigenvalue weighted by Crippen LogP contribution is 2.40. The van der Waals surface area contributed by atoms with Crippen LogP contribution in [0, 0.1) is 0 Å². The average molecular weight is 535 g/mol. The highest BCUT2D eigenvalue weighted by Gasteiger charge is 2.18. The summed E-state index contributed by atoms with van der Waals surface area (Å²) in [6.07, 6.45) is 2.19. The normalized spacial score (nSPS) is 11.8. The molecule has 0 amide bonds. The Labute approximate surface area is 243 Å². The zero-order chi connectivity index (χ0) is 27.6. The molecule has 0 aliphatic heterocycles. The third-order valence-electron chi connectivity index (χ3n) is 8.69. The fourth-order valence-electron chi connectivity index (χ4n) is 6.89. The quantitative estimate of drug-likeness (QED) is 0.200. The van der Waals surface area contributed by atoms with E-state index in [2.05, 4.69) is 167 Å². The van der Waals surface area contributed by atoms with Crippen molar-refractivity contribution >= 4 is 54.3 Å². The van der Waals surface area contributed by atoms with E-state index >= 15 is 0 Å². The lowest BCUT2D eigenvalue weighted by Crippen LogP contribution is -1.95. The summed E-state index contributed by atoms with van der Waals surface area (Å²) >= 11 is 0. The van der Waals surface area contributed by atoms with E-state index < -0.39 is 0 Å². The zero-order valence-electron chi connectivity index (χ0n) is 22.9. The van der Waals surface area contributed by atoms with Crippen LogP contribution in [0.5, 0.6) is 0 Å². The lowest BCUT2D eigenvalue weighted by atomic mass is 9.92. The van der Waals surface area contributed by atoms with E-state index in [0.717, 1.165) is 5.69 Å². The topological polar surface area (TPSA) is 9.86 Å². The van der Waals surface area contributed by atoms with Gasteiger partial charge >= 0.3 is 0 Å². The van der Waals surface area contributed by atoms with Crippen LogP contribution >= 0.6 is 0 Å². The molecule has 0 radical (unpaired) electrons. The summed E-state index contributed by atoms with van der Waals surface area (Å²) in [5.41, 5.74) is 8.49. The van der Waals surface area contributed by atoms with Crippen molar-refractivity contribution in [3.8, 4) is 22.5 Å². The van der Waals surface area contributed by atoms with E-state index in [9.17, 15) is 0 Å². The summed E-state index contributed by atoms with van der Waals surface area (Å²) in [4.78, 5) is 0. The van der Waals surface area contributed by atoms with Gasteiger partial charge in [0.05, 0.1) is 16.6 Å². The van der Waals surface area contributed by atoms with Gasteiger partial charge in [0.25, 0.3) is 0 Å². The molecule has 7 aromatic carbocycles. The number of benzene rings is 7. The van der Waals surface area contributed by atoms with Crippen molar-refractivity contribution < 1.29 is 0 Å². The fraction of sp³-hybridized carbons (Fsp3) is 0. The largest absolute Gasteiger partial charge is 0.316 e. The molecule has 0 N–H and O–H groups in total. The number of para-hydroxylation sites is 2. The van der Waals surface area contributed by atoms with Gasteiger partial charge in [-0.25, -0.2) is 0 Å². The Morgan fingerprint density at radius 2 is 1.07 bits per heavy atom. The molecule has 42 heavy (non-hydrogen) atoms. The van der Waals surface area contributed by atoms with Gasteiger partial charge < -0.3 is 9.13 Å². The first-order chi connectivity index (χ1) is 20.8. The maximum atomic E-state index is 2.43. The molecule has 196 valence electrons. The first-order valence-corrected chi connectivity index (χ1v) is 14.5. The van der Waals surface area contributed by atoms with E-state index in [-0.39, 0.29) is 0 Å². The molecule has 0 spiro atoms. The van der Waals surface area contributed by atoms with Crippen LogP contribution in [0.3, 0.4) is 0 Å². The summed E-state index contributed by atoms with van der Waals surface area (Å²) in [6.45, 7) is 0. The van der Waals surface area contributed by atoms with E-state index in [1.807, 2.05) is 0 Å². The van der Waals surface area contributed by atoms with Gasteiger partial charge in [-0.15, -0.1) is 0 Å². The second-order valence-electron chi connectivity index (χ2n) is 11.0. The molecule has 0 aliphatic rings. The van der Waals surface area contributed by atoms with Crippen LogP contribution in [0.4, 0.5) is 0 Å². The monoisotopic (exact) mass is 534 g/mol. The molecule has 0 saturated heterocycles. The predicted molar refractivity (Wildman–Crippen MR) is 178 cm³/mol. The van der Waals surface area contributed by atoms with Crippen molar-refractivity contribution in [2.75, 3.05) is 0 Å². The summed E-state index contributed by atoms with van der Waals surface area (Å²) in [6, 6.07) is 55.0. The van der Waals surface area contributed by atoms with Crippen LogP contribution in [0.25, 0.3) is 76.8 Å². The number of fused-ring (bicyclic) bond motifs is 7. The molecule has 0 saturated carbocycles. The van der Waals surface area contributed by atoms with Gasteiger partial charge in [-0.2, -0.15) is 0 Å². The van der Waals surface area contributed by atoms with Gasteiger partial charge in [0.15, 0.2) is 0 Å². The van der Waals surface area contributed by atoms with Gasteiger partial charge in [0.1, 0.15) is 0 Å². The predicted octanol–water partition coefficient (Wildman–Crippen LogP) is 10.7. The lowest BCUT2D eigenvalue weighted by Gasteiger charge is -2.14. The Bertz CT molecular complexity index is 2400. The molecular formula is C40H26N2. The smallest absolute Gasteiger partial charge is 0.0628 e. The summed E-state index contributed by atoms with van der Waals surface area (Å²) in [5, 5.41) is 8.85. The summed E-state index contributed by atoms with van der Waals surface area (Å²) in [7, 11) is 0. The van der Waals surface area contributed by atoms with Crippen molar-refractivity contribution in [1.29, 1.82) is 0 Å². The van der Waals surface area contributed by atoms with Crippen molar-refractivity contribution in [2.45, 2.75) is 0 Å². The Kier molecular flexibility index (Phi) is 4.93. The second-order valence-corrected chi connectivity index (χ2v) is 11.0. The molecule has 0 atom stereocenters. The highest BCUT2D eigenvalue weighted by atomic mass is 15.0. The number of hydrogen-bond acceptors (Lipinski definition) is 0. The zero-order valence-corrected chi connectivity index (χ0v) is 22.9. The molecule has 2 heteroatoms. The van der Waals surface area contributed by atoms with Crippen LogP contribution in [-0.4, -0.2) is 9.13 Å². The van der Waals surface area contributed by atoms with Crippen LogP contribution in [0.1, 0.15) is 0 Å². The molecule has 9 rings (SSSR count). The third-order valence-corrected chi connectivity index (χ3v) is 8.69. The molecule has 2 heterocycles. The van der Waals surface area contributed by atoms with Crippen LogP contribution in [0.2, 0.25) is 0 Å². The van der Waals surface area contributed by atoms with Gasteiger partial charge in [-0.3, -0.25) is 0 Å². The standard InChI is InChI=1S/C40H26N2/c1-2-14-31(15-3-1)41-24-23-27-21-22-37-39(40(27)41)35-19-8-9-20-36(35)42(37)32-16-10-13-30(26-32)38-33-17-6-4-11-28(33)25-29-12-5-7-18-34(29)38/h1-26H. The average Bonchev–Trinajstić information content (AvgIpc) is 3.63. The lowest BCUT2D eigenvalue weighted by molar-refractivity contribution is 1.13. The molecule has 0 aliphatic carbocycles. The summed E-state index contributed by atoms with van der Waals surface area (Å²) < 4.78 is 4.76. The summed E-state index contributed by atoms with van der Waals surface area (Å²) in [5.74, 6) is 0. The number of hydrogen-bond donors (Lipinski definition) is 0. The SMILES string of the molecule is c1ccc(-n2ccc3ccc4c(c5ccccc5n4-c4cccc(-c5c6ccccc6cc6ccccc56)c4)c32)cc1. The maximum absolute atomic E-state index is 2.43. The minimum absolute atomic E-state index is 1.16. The number of aromatic nitrogens is 2. The second kappa shape index (κ2) is 8.95. The fourth-order valence-corrected chi connectivity index (χ4v) is 6.89. The molecule has 2 aromatic heterocycles. The molecule has 0 fully saturated rings.